The molecule has 0 spiro atoms. The number of aromatic carboxylic acids is 1. The number of hydrogen-bond acceptors (Lipinski definition) is 4. The molecule has 0 unspecified atom stereocenters. The average molecular weight is 221 g/mol. The van der Waals surface area contributed by atoms with Gasteiger partial charge in [0.25, 0.3) is 0 Å². The van der Waals surface area contributed by atoms with Crippen molar-refractivity contribution in [3.63, 3.8) is 0 Å². The summed E-state index contributed by atoms with van der Waals surface area (Å²) in [6.45, 7) is 0. The molecular weight excluding hydrogens is 206 g/mol. The first kappa shape index (κ1) is 10.7. The third kappa shape index (κ3) is 1.68. The zero-order chi connectivity index (χ0) is 11.7. The number of nitrogens with zero attached hydrogens (tertiary/aromatic N) is 1. The van der Waals surface area contributed by atoms with E-state index in [-0.39, 0.29) is 17.1 Å². The molecule has 5 N–H and O–H groups in total. The molecule has 86 valence electrons. The third-order valence-electron chi connectivity index (χ3n) is 3.01. The van der Waals surface area contributed by atoms with Crippen molar-refractivity contribution in [2.45, 2.75) is 32.1 Å². The fourth-order valence-corrected chi connectivity index (χ4v) is 2.20. The molecule has 1 heterocycles. The Morgan fingerprint density at radius 1 is 1.19 bits per heavy atom. The maximum absolute atomic E-state index is 11.2. The molecule has 16 heavy (non-hydrogen) atoms. The zero-order valence-corrected chi connectivity index (χ0v) is 8.99. The molecular formula is C11H15N3O2. The van der Waals surface area contributed by atoms with Crippen molar-refractivity contribution in [3.05, 3.63) is 16.8 Å². The van der Waals surface area contributed by atoms with E-state index in [4.69, 9.17) is 11.5 Å². The summed E-state index contributed by atoms with van der Waals surface area (Å²) in [5.74, 6) is -0.872. The van der Waals surface area contributed by atoms with Crippen LogP contribution in [0.15, 0.2) is 0 Å². The molecule has 0 saturated carbocycles. The van der Waals surface area contributed by atoms with Crippen LogP contribution in [0.2, 0.25) is 0 Å². The lowest BCUT2D eigenvalue weighted by Gasteiger charge is -2.13. The third-order valence-corrected chi connectivity index (χ3v) is 3.01. The molecule has 1 aliphatic rings. The fourth-order valence-electron chi connectivity index (χ4n) is 2.20. The highest BCUT2D eigenvalue weighted by molar-refractivity contribution is 5.98. The van der Waals surface area contributed by atoms with E-state index in [1.807, 2.05) is 0 Å². The Hall–Kier alpha value is -1.78. The molecule has 1 aromatic heterocycles. The van der Waals surface area contributed by atoms with Gasteiger partial charge in [0.1, 0.15) is 5.82 Å². The predicted octanol–water partition coefficient (Wildman–Crippen LogP) is 1.21. The summed E-state index contributed by atoms with van der Waals surface area (Å²) in [5, 5.41) is 9.17. The Kier molecular flexibility index (Phi) is 2.68. The first-order valence-corrected chi connectivity index (χ1v) is 5.41. The lowest BCUT2D eigenvalue weighted by molar-refractivity contribution is 0.0696. The van der Waals surface area contributed by atoms with E-state index < -0.39 is 5.97 Å². The van der Waals surface area contributed by atoms with Gasteiger partial charge in [-0.25, -0.2) is 9.78 Å². The summed E-state index contributed by atoms with van der Waals surface area (Å²) in [6.07, 6.45) is 4.63. The van der Waals surface area contributed by atoms with Crippen LogP contribution in [0, 0.1) is 0 Å². The fraction of sp³-hybridized carbons (Fsp3) is 0.455. The molecule has 5 heteroatoms. The summed E-state index contributed by atoms with van der Waals surface area (Å²) in [5.41, 5.74) is 13.2. The van der Waals surface area contributed by atoms with Crippen LogP contribution in [-0.2, 0) is 12.8 Å². The van der Waals surface area contributed by atoms with Gasteiger partial charge in [0.05, 0.1) is 11.3 Å². The topological polar surface area (TPSA) is 102 Å². The Bertz CT molecular complexity index is 443. The van der Waals surface area contributed by atoms with Gasteiger partial charge in [-0.3, -0.25) is 0 Å². The van der Waals surface area contributed by atoms with E-state index in [2.05, 4.69) is 4.98 Å². The van der Waals surface area contributed by atoms with Crippen molar-refractivity contribution in [2.75, 3.05) is 11.5 Å². The predicted molar refractivity (Wildman–Crippen MR) is 61.3 cm³/mol. The highest BCUT2D eigenvalue weighted by Crippen LogP contribution is 2.29. The average Bonchev–Trinajstić information content (AvgIpc) is 2.44. The summed E-state index contributed by atoms with van der Waals surface area (Å²) in [4.78, 5) is 15.4. The van der Waals surface area contributed by atoms with Crippen molar-refractivity contribution in [3.8, 4) is 0 Å². The Morgan fingerprint density at radius 2 is 1.88 bits per heavy atom. The molecule has 2 rings (SSSR count). The molecule has 0 radical (unpaired) electrons. The lowest BCUT2D eigenvalue weighted by Crippen LogP contribution is -2.14. The van der Waals surface area contributed by atoms with Gasteiger partial charge in [-0.15, -0.1) is 0 Å². The SMILES string of the molecule is Nc1nc2c(c(C(=O)O)c1N)CCCCC2. The minimum Gasteiger partial charge on any atom is -0.478 e. The van der Waals surface area contributed by atoms with Gasteiger partial charge < -0.3 is 16.6 Å². The van der Waals surface area contributed by atoms with Crippen molar-refractivity contribution in [2.24, 2.45) is 0 Å². The van der Waals surface area contributed by atoms with Gasteiger partial charge in [0.15, 0.2) is 0 Å². The first-order chi connectivity index (χ1) is 7.61. The molecule has 1 aromatic rings. The number of aromatic nitrogens is 1. The molecule has 0 saturated heterocycles. The number of nitrogens with two attached hydrogens (primary N) is 2. The summed E-state index contributed by atoms with van der Waals surface area (Å²) in [7, 11) is 0. The van der Waals surface area contributed by atoms with Crippen LogP contribution >= 0.6 is 0 Å². The number of carboxylic acids is 1. The highest BCUT2D eigenvalue weighted by Gasteiger charge is 2.22. The standard InChI is InChI=1S/C11H15N3O2/c12-9-8(11(15)16)6-4-2-1-3-5-7(6)14-10(9)13/h1-5,12H2,(H2,13,14)(H,15,16). The van der Waals surface area contributed by atoms with Crippen LogP contribution in [0.4, 0.5) is 11.5 Å². The van der Waals surface area contributed by atoms with E-state index >= 15 is 0 Å². The summed E-state index contributed by atoms with van der Waals surface area (Å²) >= 11 is 0. The second kappa shape index (κ2) is 4.00. The van der Waals surface area contributed by atoms with Crippen LogP contribution < -0.4 is 11.5 Å². The largest absolute Gasteiger partial charge is 0.478 e. The molecule has 0 amide bonds. The lowest BCUT2D eigenvalue weighted by atomic mass is 10.00. The number of hydrogen-bond donors (Lipinski definition) is 3. The van der Waals surface area contributed by atoms with E-state index in [1.54, 1.807) is 0 Å². The van der Waals surface area contributed by atoms with E-state index in [0.29, 0.717) is 0 Å². The molecule has 1 aliphatic carbocycles. The van der Waals surface area contributed by atoms with Crippen LogP contribution in [-0.4, -0.2) is 16.1 Å². The van der Waals surface area contributed by atoms with Gasteiger partial charge >= 0.3 is 5.97 Å². The van der Waals surface area contributed by atoms with Crippen molar-refractivity contribution < 1.29 is 9.90 Å². The molecule has 0 fully saturated rings. The van der Waals surface area contributed by atoms with Crippen molar-refractivity contribution >= 4 is 17.5 Å². The summed E-state index contributed by atoms with van der Waals surface area (Å²) < 4.78 is 0. The normalized spacial score (nSPS) is 15.2. The van der Waals surface area contributed by atoms with Crippen LogP contribution in [0.1, 0.15) is 40.9 Å². The maximum Gasteiger partial charge on any atom is 0.338 e. The van der Waals surface area contributed by atoms with E-state index in [1.165, 1.54) is 0 Å². The van der Waals surface area contributed by atoms with Gasteiger partial charge in [0.2, 0.25) is 0 Å². The second-order valence-electron chi connectivity index (χ2n) is 4.08. The van der Waals surface area contributed by atoms with Gasteiger partial charge in [-0.2, -0.15) is 0 Å². The van der Waals surface area contributed by atoms with Crippen molar-refractivity contribution in [1.82, 2.24) is 4.98 Å². The Morgan fingerprint density at radius 3 is 2.56 bits per heavy atom. The second-order valence-corrected chi connectivity index (χ2v) is 4.08. The number of aryl methyl sites for hydroxylation is 1. The number of nitrogen functional groups attached to an aromatic ring is 2. The van der Waals surface area contributed by atoms with Gasteiger partial charge in [-0.1, -0.05) is 6.42 Å². The van der Waals surface area contributed by atoms with Gasteiger partial charge in [-0.05, 0) is 31.2 Å². The zero-order valence-electron chi connectivity index (χ0n) is 8.99. The number of rotatable bonds is 1. The molecule has 5 nitrogen and oxygen atoms in total. The number of pyridine rings is 1. The minimum absolute atomic E-state index is 0.105. The van der Waals surface area contributed by atoms with Gasteiger partial charge in [0, 0.05) is 5.69 Å². The van der Waals surface area contributed by atoms with E-state index in [0.717, 1.165) is 43.4 Å². The molecule has 0 bridgehead atoms. The van der Waals surface area contributed by atoms with Crippen LogP contribution in [0.5, 0.6) is 0 Å². The number of carbonyl (C=O) groups is 1. The molecule has 0 atom stereocenters. The number of anilines is 2. The number of fused-ring (bicyclic) bond motifs is 1. The monoisotopic (exact) mass is 221 g/mol. The number of carboxylic acid groups (broad SMARTS) is 1. The summed E-state index contributed by atoms with van der Waals surface area (Å²) in [6, 6.07) is 0. The van der Waals surface area contributed by atoms with Crippen LogP contribution in [0.25, 0.3) is 0 Å². The highest BCUT2D eigenvalue weighted by atomic mass is 16.4. The van der Waals surface area contributed by atoms with Crippen molar-refractivity contribution in [1.29, 1.82) is 0 Å². The molecule has 0 aromatic carbocycles. The van der Waals surface area contributed by atoms with E-state index in [9.17, 15) is 9.90 Å². The minimum atomic E-state index is -1.01. The Labute approximate surface area is 93.5 Å². The smallest absolute Gasteiger partial charge is 0.338 e. The maximum atomic E-state index is 11.2. The molecule has 0 aliphatic heterocycles. The van der Waals surface area contributed by atoms with Crippen LogP contribution in [0.3, 0.4) is 0 Å². The Balaban J connectivity index is 2.65. The first-order valence-electron chi connectivity index (χ1n) is 5.41. The quantitative estimate of drug-likeness (QED) is 0.618.